The first kappa shape index (κ1) is 19.4. The van der Waals surface area contributed by atoms with E-state index in [2.05, 4.69) is 10.3 Å². The Morgan fingerprint density at radius 3 is 2.21 bits per heavy atom. The molecule has 0 atom stereocenters. The van der Waals surface area contributed by atoms with Crippen LogP contribution in [0.2, 0.25) is 0 Å². The van der Waals surface area contributed by atoms with Gasteiger partial charge in [-0.2, -0.15) is 0 Å². The number of nitrogens with zero attached hydrogens (tertiary/aromatic N) is 1. The lowest BCUT2D eigenvalue weighted by atomic mass is 10.2. The maximum absolute atomic E-state index is 13.6. The van der Waals surface area contributed by atoms with Crippen molar-refractivity contribution >= 4 is 34.1 Å². The van der Waals surface area contributed by atoms with Crippen molar-refractivity contribution in [3.63, 3.8) is 0 Å². The average Bonchev–Trinajstić information content (AvgIpc) is 2.68. The molecule has 0 aliphatic rings. The first-order chi connectivity index (χ1) is 13.4. The first-order valence-corrected chi connectivity index (χ1v) is 9.53. The highest BCUT2D eigenvalue weighted by Gasteiger charge is 2.17. The fourth-order valence-electron chi connectivity index (χ4n) is 2.40. The first-order valence-electron chi connectivity index (χ1n) is 8.05. The Bertz CT molecular complexity index is 1130. The molecular weight excluding hydrogens is 386 g/mol. The molecule has 0 saturated heterocycles. The second-order valence-electron chi connectivity index (χ2n) is 5.71. The molecule has 1 N–H and O–H groups in total. The molecule has 1 aromatic heterocycles. The summed E-state index contributed by atoms with van der Waals surface area (Å²) in [6.45, 7) is 0. The van der Waals surface area contributed by atoms with Gasteiger partial charge in [0.1, 0.15) is 11.6 Å². The van der Waals surface area contributed by atoms with E-state index in [1.807, 2.05) is 0 Å². The topological polar surface area (TPSA) is 76.1 Å². The maximum atomic E-state index is 13.6. The molecule has 5 nitrogen and oxygen atoms in total. The van der Waals surface area contributed by atoms with Crippen molar-refractivity contribution in [3.8, 4) is 0 Å². The fourth-order valence-corrected chi connectivity index (χ4v) is 3.60. The molecule has 0 unspecified atom stereocenters. The zero-order valence-electron chi connectivity index (χ0n) is 14.3. The minimum Gasteiger partial charge on any atom is -0.329 e. The molecule has 0 spiro atoms. The Balaban J connectivity index is 1.81. The van der Waals surface area contributed by atoms with Gasteiger partial charge in [-0.25, -0.2) is 17.2 Å². The van der Waals surface area contributed by atoms with Crippen molar-refractivity contribution in [2.45, 2.75) is 9.79 Å². The third kappa shape index (κ3) is 4.29. The highest BCUT2D eigenvalue weighted by atomic mass is 32.2. The van der Waals surface area contributed by atoms with Gasteiger partial charge in [0.25, 0.3) is 0 Å². The Hall–Kier alpha value is -3.39. The quantitative estimate of drug-likeness (QED) is 0.636. The highest BCUT2D eigenvalue weighted by Crippen LogP contribution is 2.22. The summed E-state index contributed by atoms with van der Waals surface area (Å²) in [6, 6.07) is 11.8. The van der Waals surface area contributed by atoms with E-state index in [0.717, 1.165) is 12.1 Å². The summed E-state index contributed by atoms with van der Waals surface area (Å²) in [5.74, 6) is -1.37. The SMILES string of the molecule is O=CNc1ccc(S(=O)(=O)c2ccc(/C=C/c3ccc(F)cc3F)nc2)cc1. The van der Waals surface area contributed by atoms with Crippen LogP contribution in [-0.2, 0) is 14.6 Å². The van der Waals surface area contributed by atoms with E-state index in [1.165, 1.54) is 60.8 Å². The van der Waals surface area contributed by atoms with Crippen molar-refractivity contribution in [1.29, 1.82) is 0 Å². The van der Waals surface area contributed by atoms with Gasteiger partial charge in [0, 0.05) is 23.5 Å². The van der Waals surface area contributed by atoms with Crippen LogP contribution in [0.4, 0.5) is 14.5 Å². The molecule has 0 aliphatic carbocycles. The molecule has 28 heavy (non-hydrogen) atoms. The summed E-state index contributed by atoms with van der Waals surface area (Å²) in [4.78, 5) is 14.5. The summed E-state index contributed by atoms with van der Waals surface area (Å²) in [6.07, 6.45) is 4.61. The standard InChI is InChI=1S/C20H14F2N2O3S/c21-15-3-1-14(20(22)11-15)2-4-16-7-10-19(12-23-16)28(26,27)18-8-5-17(6-9-18)24-13-25/h1-13H,(H,24,25)/b4-2+. The van der Waals surface area contributed by atoms with Gasteiger partial charge in [-0.15, -0.1) is 0 Å². The lowest BCUT2D eigenvalue weighted by Gasteiger charge is -2.06. The van der Waals surface area contributed by atoms with E-state index in [-0.39, 0.29) is 15.4 Å². The Labute approximate surface area is 160 Å². The summed E-state index contributed by atoms with van der Waals surface area (Å²) < 4.78 is 51.8. The summed E-state index contributed by atoms with van der Waals surface area (Å²) in [7, 11) is -3.77. The minimum absolute atomic E-state index is 0.00582. The third-order valence-electron chi connectivity index (χ3n) is 3.86. The lowest BCUT2D eigenvalue weighted by Crippen LogP contribution is -2.03. The largest absolute Gasteiger partial charge is 0.329 e. The van der Waals surface area contributed by atoms with Crippen LogP contribution in [0.5, 0.6) is 0 Å². The predicted octanol–water partition coefficient (Wildman–Crippen LogP) is 3.93. The summed E-state index contributed by atoms with van der Waals surface area (Å²) in [5.41, 5.74) is 1.07. The van der Waals surface area contributed by atoms with Crippen molar-refractivity contribution in [2.75, 3.05) is 5.32 Å². The zero-order valence-corrected chi connectivity index (χ0v) is 15.2. The molecule has 3 rings (SSSR count). The lowest BCUT2D eigenvalue weighted by molar-refractivity contribution is -0.105. The van der Waals surface area contributed by atoms with Crippen LogP contribution < -0.4 is 5.32 Å². The van der Waals surface area contributed by atoms with Gasteiger partial charge < -0.3 is 5.32 Å². The number of carbonyl (C=O) groups excluding carboxylic acids is 1. The average molecular weight is 400 g/mol. The number of anilines is 1. The van der Waals surface area contributed by atoms with Gasteiger partial charge >= 0.3 is 0 Å². The number of hydrogen-bond donors (Lipinski definition) is 1. The molecule has 0 fully saturated rings. The zero-order chi connectivity index (χ0) is 20.1. The van der Waals surface area contributed by atoms with Gasteiger partial charge in [-0.05, 0) is 60.7 Å². The molecule has 2 aromatic carbocycles. The van der Waals surface area contributed by atoms with Gasteiger partial charge in [0.2, 0.25) is 16.2 Å². The van der Waals surface area contributed by atoms with Gasteiger partial charge in [0.15, 0.2) is 0 Å². The van der Waals surface area contributed by atoms with Crippen LogP contribution in [-0.4, -0.2) is 19.8 Å². The molecule has 1 heterocycles. The number of halogens is 2. The second-order valence-corrected chi connectivity index (χ2v) is 7.66. The van der Waals surface area contributed by atoms with Gasteiger partial charge in [-0.3, -0.25) is 9.78 Å². The molecule has 0 bridgehead atoms. The van der Waals surface area contributed by atoms with E-state index >= 15 is 0 Å². The van der Waals surface area contributed by atoms with Gasteiger partial charge in [0.05, 0.1) is 15.5 Å². The fraction of sp³-hybridized carbons (Fsp3) is 0. The molecule has 8 heteroatoms. The van der Waals surface area contributed by atoms with Crippen LogP contribution in [0.1, 0.15) is 11.3 Å². The normalized spacial score (nSPS) is 11.5. The smallest absolute Gasteiger partial charge is 0.211 e. The molecule has 0 aliphatic heterocycles. The van der Waals surface area contributed by atoms with E-state index in [4.69, 9.17) is 0 Å². The summed E-state index contributed by atoms with van der Waals surface area (Å²) in [5, 5.41) is 2.43. The van der Waals surface area contributed by atoms with Crippen molar-refractivity contribution in [3.05, 3.63) is 83.7 Å². The molecule has 142 valence electrons. The van der Waals surface area contributed by atoms with E-state index in [0.29, 0.717) is 17.8 Å². The van der Waals surface area contributed by atoms with Crippen LogP contribution in [0, 0.1) is 11.6 Å². The van der Waals surface area contributed by atoms with E-state index in [9.17, 15) is 22.0 Å². The van der Waals surface area contributed by atoms with Crippen LogP contribution in [0.25, 0.3) is 12.2 Å². The van der Waals surface area contributed by atoms with E-state index < -0.39 is 21.5 Å². The van der Waals surface area contributed by atoms with Crippen molar-refractivity contribution < 1.29 is 22.0 Å². The minimum atomic E-state index is -3.77. The van der Waals surface area contributed by atoms with Crippen molar-refractivity contribution in [2.24, 2.45) is 0 Å². The van der Waals surface area contributed by atoms with Crippen molar-refractivity contribution in [1.82, 2.24) is 4.98 Å². The number of hydrogen-bond acceptors (Lipinski definition) is 4. The number of carbonyl (C=O) groups is 1. The molecule has 0 saturated carbocycles. The predicted molar refractivity (Wildman–Crippen MR) is 101 cm³/mol. The van der Waals surface area contributed by atoms with Crippen LogP contribution >= 0.6 is 0 Å². The number of aromatic nitrogens is 1. The Morgan fingerprint density at radius 2 is 1.61 bits per heavy atom. The highest BCUT2D eigenvalue weighted by molar-refractivity contribution is 7.91. The molecule has 3 aromatic rings. The number of rotatable bonds is 6. The van der Waals surface area contributed by atoms with Gasteiger partial charge in [-0.1, -0.05) is 0 Å². The van der Waals surface area contributed by atoms with Crippen LogP contribution in [0.15, 0.2) is 70.6 Å². The second kappa shape index (κ2) is 8.10. The number of sulfone groups is 1. The van der Waals surface area contributed by atoms with E-state index in [1.54, 1.807) is 0 Å². The number of pyridine rings is 1. The maximum Gasteiger partial charge on any atom is 0.211 e. The third-order valence-corrected chi connectivity index (χ3v) is 5.61. The molecule has 0 radical (unpaired) electrons. The number of benzene rings is 2. The Kier molecular flexibility index (Phi) is 5.60. The monoisotopic (exact) mass is 400 g/mol. The summed E-state index contributed by atoms with van der Waals surface area (Å²) >= 11 is 0. The molecule has 1 amide bonds. The number of amides is 1. The Morgan fingerprint density at radius 1 is 0.893 bits per heavy atom. The van der Waals surface area contributed by atoms with Crippen LogP contribution in [0.3, 0.4) is 0 Å². The molecular formula is C20H14F2N2O3S. The number of nitrogens with one attached hydrogen (secondary N) is 1.